The molecule has 4 nitrogen and oxygen atoms in total. The van der Waals surface area contributed by atoms with Crippen molar-refractivity contribution in [3.8, 4) is 5.75 Å². The number of hydrogen-bond donors (Lipinski definition) is 2. The molecule has 0 saturated carbocycles. The van der Waals surface area contributed by atoms with Crippen LogP contribution in [0.2, 0.25) is 0 Å². The van der Waals surface area contributed by atoms with Gasteiger partial charge in [-0.15, -0.1) is 13.2 Å². The van der Waals surface area contributed by atoms with Crippen LogP contribution >= 0.6 is 0 Å². The highest BCUT2D eigenvalue weighted by atomic mass is 19.4. The molecule has 7 heteroatoms. The lowest BCUT2D eigenvalue weighted by molar-refractivity contribution is -0.274. The molecule has 1 aromatic carbocycles. The minimum atomic E-state index is -4.80. The summed E-state index contributed by atoms with van der Waals surface area (Å²) < 4.78 is 39.9. The largest absolute Gasteiger partial charge is 0.573 e. The molecule has 0 fully saturated rings. The highest BCUT2D eigenvalue weighted by Gasteiger charge is 2.31. The lowest BCUT2D eigenvalue weighted by atomic mass is 10.1. The molecule has 0 aromatic heterocycles. The van der Waals surface area contributed by atoms with E-state index in [4.69, 9.17) is 11.5 Å². The molecule has 1 amide bonds. The van der Waals surface area contributed by atoms with Crippen molar-refractivity contribution in [2.75, 3.05) is 5.73 Å². The van der Waals surface area contributed by atoms with Gasteiger partial charge in [-0.3, -0.25) is 4.79 Å². The van der Waals surface area contributed by atoms with Gasteiger partial charge >= 0.3 is 6.36 Å². The van der Waals surface area contributed by atoms with Gasteiger partial charge in [-0.25, -0.2) is 0 Å². The van der Waals surface area contributed by atoms with E-state index in [1.807, 2.05) is 0 Å². The van der Waals surface area contributed by atoms with E-state index in [2.05, 4.69) is 4.74 Å². The molecule has 0 bridgehead atoms. The maximum Gasteiger partial charge on any atom is 0.573 e. The van der Waals surface area contributed by atoms with Gasteiger partial charge in [0.05, 0.1) is 5.69 Å². The quantitative estimate of drug-likeness (QED) is 0.813. The number of carbonyl (C=O) groups is 1. The fourth-order valence-electron chi connectivity index (χ4n) is 1.18. The van der Waals surface area contributed by atoms with Gasteiger partial charge in [0.1, 0.15) is 0 Å². The van der Waals surface area contributed by atoms with Gasteiger partial charge in [-0.2, -0.15) is 0 Å². The fraction of sp³-hybridized carbons (Fsp3) is 0.182. The van der Waals surface area contributed by atoms with Crippen molar-refractivity contribution in [1.29, 1.82) is 0 Å². The minimum absolute atomic E-state index is 0.000161. The third kappa shape index (κ3) is 4.77. The lowest BCUT2D eigenvalue weighted by Gasteiger charge is -2.11. The van der Waals surface area contributed by atoms with Crippen LogP contribution in [0.5, 0.6) is 5.75 Å². The molecule has 0 heterocycles. The van der Waals surface area contributed by atoms with E-state index in [-0.39, 0.29) is 12.1 Å². The van der Waals surface area contributed by atoms with Crippen molar-refractivity contribution in [2.24, 2.45) is 5.73 Å². The number of anilines is 1. The summed E-state index contributed by atoms with van der Waals surface area (Å²) in [4.78, 5) is 10.5. The van der Waals surface area contributed by atoms with Gasteiger partial charge in [0.15, 0.2) is 5.75 Å². The zero-order valence-corrected chi connectivity index (χ0v) is 9.20. The summed E-state index contributed by atoms with van der Waals surface area (Å²) in [5.74, 6) is -1.02. The second kappa shape index (κ2) is 5.44. The number of ether oxygens (including phenoxy) is 1. The predicted octanol–water partition coefficient (Wildman–Crippen LogP) is 2.06. The summed E-state index contributed by atoms with van der Waals surface area (Å²) in [6.07, 6.45) is -1.91. The molecule has 4 N–H and O–H groups in total. The first-order valence-electron chi connectivity index (χ1n) is 4.88. The number of benzene rings is 1. The highest BCUT2D eigenvalue weighted by molar-refractivity contribution is 5.76. The van der Waals surface area contributed by atoms with Crippen LogP contribution in [0.15, 0.2) is 24.3 Å². The Morgan fingerprint density at radius 1 is 1.39 bits per heavy atom. The highest BCUT2D eigenvalue weighted by Crippen LogP contribution is 2.29. The molecule has 0 atom stereocenters. The average molecular weight is 260 g/mol. The molecule has 1 aromatic rings. The summed E-state index contributed by atoms with van der Waals surface area (Å²) in [6, 6.07) is 3.90. The maximum absolute atomic E-state index is 12.1. The van der Waals surface area contributed by atoms with E-state index in [1.165, 1.54) is 24.3 Å². The molecular weight excluding hydrogens is 249 g/mol. The Hall–Kier alpha value is -2.18. The Kier molecular flexibility index (Phi) is 4.19. The molecule has 98 valence electrons. The number of alkyl halides is 3. The Bertz CT molecular complexity index is 470. The first kappa shape index (κ1) is 13.9. The smallest absolute Gasteiger partial charge is 0.404 e. The van der Waals surface area contributed by atoms with E-state index in [0.29, 0.717) is 5.56 Å². The fourth-order valence-corrected chi connectivity index (χ4v) is 1.18. The van der Waals surface area contributed by atoms with Crippen LogP contribution in [0.1, 0.15) is 12.0 Å². The molecule has 0 aliphatic rings. The molecular formula is C11H11F3N2O2. The van der Waals surface area contributed by atoms with Crippen molar-refractivity contribution < 1.29 is 22.7 Å². The normalized spacial score (nSPS) is 11.7. The summed E-state index contributed by atoms with van der Waals surface area (Å²) in [6.45, 7) is 0. The first-order chi connectivity index (χ1) is 8.28. The van der Waals surface area contributed by atoms with Crippen molar-refractivity contribution in [2.45, 2.75) is 12.8 Å². The van der Waals surface area contributed by atoms with Crippen LogP contribution < -0.4 is 16.2 Å². The van der Waals surface area contributed by atoms with Crippen LogP contribution in [0.3, 0.4) is 0 Å². The van der Waals surface area contributed by atoms with Gasteiger partial charge in [0.2, 0.25) is 5.91 Å². The van der Waals surface area contributed by atoms with Crippen LogP contribution in [-0.2, 0) is 4.79 Å². The Labute approximate surface area is 101 Å². The molecule has 0 aliphatic carbocycles. The van der Waals surface area contributed by atoms with Crippen LogP contribution in [0, 0.1) is 0 Å². The van der Waals surface area contributed by atoms with Gasteiger partial charge in [0, 0.05) is 6.42 Å². The lowest BCUT2D eigenvalue weighted by Crippen LogP contribution is -2.18. The van der Waals surface area contributed by atoms with E-state index in [9.17, 15) is 18.0 Å². The maximum atomic E-state index is 12.1. The number of nitrogen functional groups attached to an aromatic ring is 1. The van der Waals surface area contributed by atoms with E-state index >= 15 is 0 Å². The number of hydrogen-bond acceptors (Lipinski definition) is 3. The molecule has 0 saturated heterocycles. The molecule has 0 spiro atoms. The molecule has 0 aliphatic heterocycles. The molecule has 18 heavy (non-hydrogen) atoms. The van der Waals surface area contributed by atoms with E-state index < -0.39 is 18.0 Å². The third-order valence-electron chi connectivity index (χ3n) is 1.89. The van der Waals surface area contributed by atoms with E-state index in [1.54, 1.807) is 0 Å². The summed E-state index contributed by atoms with van der Waals surface area (Å²) in [7, 11) is 0. The molecule has 0 radical (unpaired) electrons. The first-order valence-corrected chi connectivity index (χ1v) is 4.88. The zero-order valence-electron chi connectivity index (χ0n) is 9.20. The number of amides is 1. The summed E-state index contributed by atoms with van der Waals surface area (Å²) >= 11 is 0. The SMILES string of the molecule is NC(=O)CC=Cc1ccc(N)c(OC(F)(F)F)c1. The number of rotatable bonds is 4. The average Bonchev–Trinajstić information content (AvgIpc) is 2.20. The predicted molar refractivity (Wildman–Crippen MR) is 60.4 cm³/mol. The monoisotopic (exact) mass is 260 g/mol. The summed E-state index contributed by atoms with van der Waals surface area (Å²) in [5, 5.41) is 0. The Morgan fingerprint density at radius 2 is 2.06 bits per heavy atom. The number of nitrogens with two attached hydrogens (primary N) is 2. The van der Waals surface area contributed by atoms with Crippen LogP contribution in [-0.4, -0.2) is 12.3 Å². The summed E-state index contributed by atoms with van der Waals surface area (Å²) in [5.41, 5.74) is 10.6. The van der Waals surface area contributed by atoms with Crippen molar-refractivity contribution in [3.63, 3.8) is 0 Å². The van der Waals surface area contributed by atoms with E-state index in [0.717, 1.165) is 6.07 Å². The van der Waals surface area contributed by atoms with Gasteiger partial charge in [-0.1, -0.05) is 18.2 Å². The van der Waals surface area contributed by atoms with Crippen LogP contribution in [0.25, 0.3) is 6.08 Å². The number of halogens is 3. The number of primary amides is 1. The van der Waals surface area contributed by atoms with Gasteiger partial charge < -0.3 is 16.2 Å². The molecule has 1 rings (SSSR count). The standard InChI is InChI=1S/C11H11F3N2O2/c12-11(13,14)18-9-6-7(4-5-8(9)15)2-1-3-10(16)17/h1-2,4-6H,3,15H2,(H2,16,17). The second-order valence-corrected chi connectivity index (χ2v) is 3.42. The minimum Gasteiger partial charge on any atom is -0.404 e. The Balaban J connectivity index is 2.87. The van der Waals surface area contributed by atoms with Crippen molar-refractivity contribution >= 4 is 17.7 Å². The van der Waals surface area contributed by atoms with Crippen LogP contribution in [0.4, 0.5) is 18.9 Å². The Morgan fingerprint density at radius 3 is 2.61 bits per heavy atom. The molecule has 0 unspecified atom stereocenters. The number of carbonyl (C=O) groups excluding carboxylic acids is 1. The third-order valence-corrected chi connectivity index (χ3v) is 1.89. The zero-order chi connectivity index (χ0) is 13.8. The van der Waals surface area contributed by atoms with Crippen molar-refractivity contribution in [3.05, 3.63) is 29.8 Å². The van der Waals surface area contributed by atoms with Gasteiger partial charge in [0.25, 0.3) is 0 Å². The van der Waals surface area contributed by atoms with Gasteiger partial charge in [-0.05, 0) is 17.7 Å². The topological polar surface area (TPSA) is 78.3 Å². The van der Waals surface area contributed by atoms with Crippen molar-refractivity contribution in [1.82, 2.24) is 0 Å². The second-order valence-electron chi connectivity index (χ2n) is 3.42.